The number of aromatic nitrogens is 4. The molecule has 3 saturated carbocycles. The molecule has 39 heavy (non-hydrogen) atoms. The molecule has 0 spiro atoms. The number of nitrogens with zero attached hydrogens (tertiary/aromatic N) is 3. The van der Waals surface area contributed by atoms with E-state index < -0.39 is 29.2 Å². The quantitative estimate of drug-likeness (QED) is 0.292. The van der Waals surface area contributed by atoms with Crippen LogP contribution in [0.25, 0.3) is 22.4 Å². The number of rotatable bonds is 7. The summed E-state index contributed by atoms with van der Waals surface area (Å²) in [6.45, 7) is 5.40. The summed E-state index contributed by atoms with van der Waals surface area (Å²) in [6.07, 6.45) is 6.80. The van der Waals surface area contributed by atoms with E-state index in [0.29, 0.717) is 16.6 Å². The zero-order chi connectivity index (χ0) is 27.7. The SMILES string of the molecule is CC(C)(C)OC(=O)NCCOC(=O)[C@H]1C2CCC(CC2)[C@@H]1Nc1nc(-c2c[nH]c3ncc(F)cc23)ncc1F. The molecular weight excluding hydrogens is 510 g/mol. The summed E-state index contributed by atoms with van der Waals surface area (Å²) in [7, 11) is 0. The van der Waals surface area contributed by atoms with Gasteiger partial charge in [0.1, 0.15) is 23.7 Å². The second kappa shape index (κ2) is 10.7. The van der Waals surface area contributed by atoms with Gasteiger partial charge in [0.15, 0.2) is 17.5 Å². The highest BCUT2D eigenvalue weighted by Crippen LogP contribution is 2.47. The van der Waals surface area contributed by atoms with Crippen molar-refractivity contribution in [2.24, 2.45) is 17.8 Å². The van der Waals surface area contributed by atoms with E-state index >= 15 is 0 Å². The normalized spacial score (nSPS) is 22.5. The maximum absolute atomic E-state index is 14.9. The number of fused-ring (bicyclic) bond motifs is 4. The smallest absolute Gasteiger partial charge is 0.407 e. The summed E-state index contributed by atoms with van der Waals surface area (Å²) < 4.78 is 39.5. The van der Waals surface area contributed by atoms with E-state index in [9.17, 15) is 18.4 Å². The van der Waals surface area contributed by atoms with Gasteiger partial charge in [0.2, 0.25) is 0 Å². The van der Waals surface area contributed by atoms with Crippen molar-refractivity contribution in [3.05, 3.63) is 36.3 Å². The van der Waals surface area contributed by atoms with Gasteiger partial charge in [-0.25, -0.2) is 28.5 Å². The van der Waals surface area contributed by atoms with Crippen LogP contribution >= 0.6 is 0 Å². The van der Waals surface area contributed by atoms with Gasteiger partial charge in [0.25, 0.3) is 0 Å². The number of esters is 1. The van der Waals surface area contributed by atoms with Crippen LogP contribution in [0.4, 0.5) is 19.4 Å². The molecule has 3 aromatic rings. The molecule has 3 heterocycles. The summed E-state index contributed by atoms with van der Waals surface area (Å²) in [4.78, 5) is 40.5. The van der Waals surface area contributed by atoms with Crippen LogP contribution in [0.15, 0.2) is 24.7 Å². The molecule has 0 aliphatic heterocycles. The number of pyridine rings is 1. The lowest BCUT2D eigenvalue weighted by molar-refractivity contribution is -0.155. The van der Waals surface area contributed by atoms with Gasteiger partial charge in [0.05, 0.1) is 24.9 Å². The number of anilines is 1. The van der Waals surface area contributed by atoms with Gasteiger partial charge < -0.3 is 25.1 Å². The number of halogens is 2. The van der Waals surface area contributed by atoms with E-state index in [1.54, 1.807) is 27.0 Å². The summed E-state index contributed by atoms with van der Waals surface area (Å²) in [5.41, 5.74) is 0.319. The fourth-order valence-corrected chi connectivity index (χ4v) is 5.63. The third kappa shape index (κ3) is 5.94. The number of ether oxygens (including phenoxy) is 2. The van der Waals surface area contributed by atoms with Crippen molar-refractivity contribution in [3.8, 4) is 11.4 Å². The Bertz CT molecular complexity index is 1370. The molecule has 1 amide bonds. The Balaban J connectivity index is 1.30. The van der Waals surface area contributed by atoms with Crippen molar-refractivity contribution in [1.29, 1.82) is 0 Å². The molecule has 0 radical (unpaired) electrons. The first-order valence-electron chi connectivity index (χ1n) is 13.1. The zero-order valence-electron chi connectivity index (χ0n) is 22.1. The van der Waals surface area contributed by atoms with Crippen molar-refractivity contribution < 1.29 is 27.8 Å². The number of hydrogen-bond acceptors (Lipinski definition) is 8. The largest absolute Gasteiger partial charge is 0.464 e. The van der Waals surface area contributed by atoms with Crippen LogP contribution in [-0.2, 0) is 14.3 Å². The number of carbonyl (C=O) groups is 2. The first-order valence-corrected chi connectivity index (χ1v) is 13.1. The number of alkyl carbamates (subject to hydrolysis) is 1. The molecule has 3 aliphatic carbocycles. The minimum absolute atomic E-state index is 0.00411. The topological polar surface area (TPSA) is 131 Å². The summed E-state index contributed by atoms with van der Waals surface area (Å²) in [5.74, 6) is -1.61. The Kier molecular flexibility index (Phi) is 7.37. The Hall–Kier alpha value is -3.83. The lowest BCUT2D eigenvalue weighted by Crippen LogP contribution is -2.52. The number of aromatic amines is 1. The highest BCUT2D eigenvalue weighted by Gasteiger charge is 2.48. The van der Waals surface area contributed by atoms with Crippen molar-refractivity contribution in [2.75, 3.05) is 18.5 Å². The van der Waals surface area contributed by atoms with Gasteiger partial charge in [-0.05, 0) is 64.4 Å². The maximum atomic E-state index is 14.9. The standard InChI is InChI=1S/C27H32F2N6O4/c1-27(2,3)39-26(37)30-8-9-38-25(36)20-14-4-6-15(7-5-14)21(20)34-24-19(29)13-33-23(35-24)18-12-32-22-17(18)10-16(28)11-31-22/h10-15,20-21H,4-9H2,1-3H3,(H,30,37)(H,31,32)(H,33,34,35)/t14?,15?,20-,21-/m0/s1. The highest BCUT2D eigenvalue weighted by molar-refractivity contribution is 5.91. The average molecular weight is 543 g/mol. The highest BCUT2D eigenvalue weighted by atomic mass is 19.1. The second-order valence-electron chi connectivity index (χ2n) is 11.1. The Morgan fingerprint density at radius 2 is 1.85 bits per heavy atom. The van der Waals surface area contributed by atoms with Crippen LogP contribution in [0.5, 0.6) is 0 Å². The van der Waals surface area contributed by atoms with Crippen LogP contribution in [0, 0.1) is 29.4 Å². The van der Waals surface area contributed by atoms with Gasteiger partial charge in [-0.15, -0.1) is 0 Å². The van der Waals surface area contributed by atoms with Crippen molar-refractivity contribution in [2.45, 2.75) is 58.1 Å². The first-order chi connectivity index (χ1) is 18.6. The number of nitrogens with one attached hydrogen (secondary N) is 3. The molecule has 10 nitrogen and oxygen atoms in total. The van der Waals surface area contributed by atoms with Crippen LogP contribution in [0.2, 0.25) is 0 Å². The Morgan fingerprint density at radius 3 is 2.59 bits per heavy atom. The molecular formula is C27H32F2N6O4. The Labute approximate surface area is 224 Å². The van der Waals surface area contributed by atoms with Gasteiger partial charge in [-0.1, -0.05) is 0 Å². The number of H-pyrrole nitrogens is 1. The lowest BCUT2D eigenvalue weighted by Gasteiger charge is -2.47. The van der Waals surface area contributed by atoms with E-state index in [0.717, 1.165) is 38.1 Å². The zero-order valence-corrected chi connectivity index (χ0v) is 22.1. The van der Waals surface area contributed by atoms with Gasteiger partial charge in [-0.2, -0.15) is 0 Å². The van der Waals surface area contributed by atoms with E-state index in [2.05, 4.69) is 30.6 Å². The predicted molar refractivity (Wildman–Crippen MR) is 139 cm³/mol. The molecule has 3 aromatic heterocycles. The molecule has 3 fully saturated rings. The molecule has 2 atom stereocenters. The third-order valence-electron chi connectivity index (χ3n) is 7.29. The monoisotopic (exact) mass is 542 g/mol. The van der Waals surface area contributed by atoms with E-state index in [1.807, 2.05) is 0 Å². The minimum Gasteiger partial charge on any atom is -0.464 e. The van der Waals surface area contributed by atoms with Gasteiger partial charge in [-0.3, -0.25) is 4.79 Å². The molecule has 3 aliphatic rings. The van der Waals surface area contributed by atoms with Crippen LogP contribution < -0.4 is 10.6 Å². The molecule has 3 N–H and O–H groups in total. The molecule has 0 saturated heterocycles. The summed E-state index contributed by atoms with van der Waals surface area (Å²) in [5, 5.41) is 6.24. The van der Waals surface area contributed by atoms with Crippen molar-refractivity contribution in [1.82, 2.24) is 25.3 Å². The van der Waals surface area contributed by atoms with Crippen molar-refractivity contribution >= 4 is 28.9 Å². The fraction of sp³-hybridized carbons (Fsp3) is 0.519. The van der Waals surface area contributed by atoms with E-state index in [1.165, 1.54) is 6.07 Å². The van der Waals surface area contributed by atoms with Crippen LogP contribution in [-0.4, -0.2) is 56.8 Å². The third-order valence-corrected chi connectivity index (χ3v) is 7.29. The van der Waals surface area contributed by atoms with Crippen molar-refractivity contribution in [3.63, 3.8) is 0 Å². The molecule has 208 valence electrons. The fourth-order valence-electron chi connectivity index (χ4n) is 5.63. The molecule has 0 unspecified atom stereocenters. The Morgan fingerprint density at radius 1 is 1.10 bits per heavy atom. The number of hydrogen-bond donors (Lipinski definition) is 3. The van der Waals surface area contributed by atoms with Gasteiger partial charge in [0, 0.05) is 23.2 Å². The average Bonchev–Trinajstić information content (AvgIpc) is 3.30. The first kappa shape index (κ1) is 26.8. The molecule has 6 rings (SSSR count). The molecule has 0 aromatic carbocycles. The summed E-state index contributed by atoms with van der Waals surface area (Å²) in [6, 6.07) is 0.945. The molecule has 2 bridgehead atoms. The second-order valence-corrected chi connectivity index (χ2v) is 11.1. The maximum Gasteiger partial charge on any atom is 0.407 e. The van der Waals surface area contributed by atoms with Crippen LogP contribution in [0.1, 0.15) is 46.5 Å². The predicted octanol–water partition coefficient (Wildman–Crippen LogP) is 4.58. The van der Waals surface area contributed by atoms with Crippen LogP contribution in [0.3, 0.4) is 0 Å². The summed E-state index contributed by atoms with van der Waals surface area (Å²) >= 11 is 0. The lowest BCUT2D eigenvalue weighted by atomic mass is 9.61. The number of amides is 1. The van der Waals surface area contributed by atoms with E-state index in [-0.39, 0.29) is 48.6 Å². The number of carbonyl (C=O) groups excluding carboxylic acids is 2. The minimum atomic E-state index is -0.655. The molecule has 12 heteroatoms. The van der Waals surface area contributed by atoms with Gasteiger partial charge >= 0.3 is 12.1 Å². The van der Waals surface area contributed by atoms with E-state index in [4.69, 9.17) is 9.47 Å².